The first kappa shape index (κ1) is 17.7. The molecule has 3 aromatic rings. The number of aryl methyl sites for hydroxylation is 1. The van der Waals surface area contributed by atoms with Crippen LogP contribution in [0.1, 0.15) is 33.2 Å². The summed E-state index contributed by atoms with van der Waals surface area (Å²) in [6, 6.07) is 21.7. The molecule has 0 radical (unpaired) electrons. The molecule has 6 nitrogen and oxygen atoms in total. The highest BCUT2D eigenvalue weighted by Crippen LogP contribution is 2.37. The van der Waals surface area contributed by atoms with Gasteiger partial charge in [0.15, 0.2) is 0 Å². The molecule has 1 N–H and O–H groups in total. The SMILES string of the molecule is Cc1ccc(CN2C(=O)c3ccccc3N[C@@H]2c2ccccc2[N+](=O)[O-])cc1. The van der Waals surface area contributed by atoms with Gasteiger partial charge in [-0.3, -0.25) is 14.9 Å². The number of amides is 1. The fourth-order valence-electron chi connectivity index (χ4n) is 3.48. The maximum atomic E-state index is 13.3. The first-order valence-electron chi connectivity index (χ1n) is 9.00. The van der Waals surface area contributed by atoms with Crippen LogP contribution < -0.4 is 5.32 Å². The molecule has 0 bridgehead atoms. The summed E-state index contributed by atoms with van der Waals surface area (Å²) >= 11 is 0. The van der Waals surface area contributed by atoms with Crippen molar-refractivity contribution >= 4 is 17.3 Å². The third kappa shape index (κ3) is 3.20. The number of hydrogen-bond donors (Lipinski definition) is 1. The van der Waals surface area contributed by atoms with Gasteiger partial charge in [-0.25, -0.2) is 0 Å². The zero-order chi connectivity index (χ0) is 19.7. The molecule has 0 aliphatic carbocycles. The Morgan fingerprint density at radius 1 is 1.00 bits per heavy atom. The molecule has 3 aromatic carbocycles. The normalized spacial score (nSPS) is 15.7. The van der Waals surface area contributed by atoms with Crippen LogP contribution in [0.15, 0.2) is 72.8 Å². The lowest BCUT2D eigenvalue weighted by atomic mass is 10.0. The monoisotopic (exact) mass is 373 g/mol. The molecule has 0 fully saturated rings. The highest BCUT2D eigenvalue weighted by atomic mass is 16.6. The number of nitro benzene ring substituents is 1. The third-order valence-electron chi connectivity index (χ3n) is 4.92. The average molecular weight is 373 g/mol. The molecule has 140 valence electrons. The number of nitrogens with one attached hydrogen (secondary N) is 1. The highest BCUT2D eigenvalue weighted by Gasteiger charge is 2.35. The van der Waals surface area contributed by atoms with E-state index in [4.69, 9.17) is 0 Å². The van der Waals surface area contributed by atoms with Crippen molar-refractivity contribution in [3.8, 4) is 0 Å². The van der Waals surface area contributed by atoms with Crippen LogP contribution >= 0.6 is 0 Å². The number of fused-ring (bicyclic) bond motifs is 1. The fraction of sp³-hybridized carbons (Fsp3) is 0.136. The fourth-order valence-corrected chi connectivity index (χ4v) is 3.48. The van der Waals surface area contributed by atoms with Crippen molar-refractivity contribution in [1.82, 2.24) is 4.90 Å². The molecule has 0 spiro atoms. The predicted molar refractivity (Wildman–Crippen MR) is 107 cm³/mol. The molecule has 0 unspecified atom stereocenters. The minimum atomic E-state index is -0.634. The van der Waals surface area contributed by atoms with E-state index in [-0.39, 0.29) is 11.6 Å². The summed E-state index contributed by atoms with van der Waals surface area (Å²) < 4.78 is 0. The molecule has 1 aliphatic heterocycles. The van der Waals surface area contributed by atoms with Gasteiger partial charge in [-0.05, 0) is 30.7 Å². The Bertz CT molecular complexity index is 1050. The van der Waals surface area contributed by atoms with Crippen LogP contribution in [0.5, 0.6) is 0 Å². The van der Waals surface area contributed by atoms with Gasteiger partial charge in [0, 0.05) is 18.3 Å². The van der Waals surface area contributed by atoms with Crippen LogP contribution in [0.4, 0.5) is 11.4 Å². The minimum absolute atomic E-state index is 0.0129. The van der Waals surface area contributed by atoms with E-state index < -0.39 is 11.1 Å². The molecule has 6 heteroatoms. The van der Waals surface area contributed by atoms with Crippen LogP contribution in [-0.4, -0.2) is 15.7 Å². The number of benzene rings is 3. The minimum Gasteiger partial charge on any atom is -0.361 e. The Labute approximate surface area is 162 Å². The summed E-state index contributed by atoms with van der Waals surface area (Å²) in [5, 5.41) is 14.9. The Hall–Kier alpha value is -3.67. The van der Waals surface area contributed by atoms with Crippen molar-refractivity contribution in [2.75, 3.05) is 5.32 Å². The average Bonchev–Trinajstić information content (AvgIpc) is 2.71. The third-order valence-corrected chi connectivity index (χ3v) is 4.92. The summed E-state index contributed by atoms with van der Waals surface area (Å²) in [7, 11) is 0. The van der Waals surface area contributed by atoms with Gasteiger partial charge >= 0.3 is 0 Å². The Balaban J connectivity index is 1.80. The van der Waals surface area contributed by atoms with Gasteiger partial charge in [-0.1, -0.05) is 54.1 Å². The molecule has 1 aliphatic rings. The first-order valence-corrected chi connectivity index (χ1v) is 9.00. The van der Waals surface area contributed by atoms with Gasteiger partial charge in [-0.15, -0.1) is 0 Å². The number of nitro groups is 1. The van der Waals surface area contributed by atoms with E-state index in [9.17, 15) is 14.9 Å². The van der Waals surface area contributed by atoms with Gasteiger partial charge in [0.2, 0.25) is 0 Å². The van der Waals surface area contributed by atoms with Crippen LogP contribution in [0.3, 0.4) is 0 Å². The van der Waals surface area contributed by atoms with Crippen LogP contribution in [0, 0.1) is 17.0 Å². The van der Waals surface area contributed by atoms with E-state index in [1.807, 2.05) is 49.4 Å². The van der Waals surface area contributed by atoms with Crippen LogP contribution in [0.25, 0.3) is 0 Å². The molecule has 1 heterocycles. The van der Waals surface area contributed by atoms with Crippen molar-refractivity contribution in [3.63, 3.8) is 0 Å². The zero-order valence-electron chi connectivity index (χ0n) is 15.3. The maximum absolute atomic E-state index is 13.3. The van der Waals surface area contributed by atoms with Gasteiger partial charge in [-0.2, -0.15) is 0 Å². The lowest BCUT2D eigenvalue weighted by molar-refractivity contribution is -0.385. The van der Waals surface area contributed by atoms with Crippen LogP contribution in [-0.2, 0) is 6.54 Å². The molecule has 4 rings (SSSR count). The first-order chi connectivity index (χ1) is 13.5. The van der Waals surface area contributed by atoms with Crippen molar-refractivity contribution in [1.29, 1.82) is 0 Å². The van der Waals surface area contributed by atoms with Gasteiger partial charge in [0.25, 0.3) is 11.6 Å². The number of carbonyl (C=O) groups excluding carboxylic acids is 1. The summed E-state index contributed by atoms with van der Waals surface area (Å²) in [6.45, 7) is 2.35. The Kier molecular flexibility index (Phi) is 4.53. The number of anilines is 1. The highest BCUT2D eigenvalue weighted by molar-refractivity contribution is 6.01. The van der Waals surface area contributed by atoms with E-state index >= 15 is 0 Å². The van der Waals surface area contributed by atoms with Gasteiger partial charge in [0.05, 0.1) is 16.1 Å². The number of para-hydroxylation sites is 2. The molecular weight excluding hydrogens is 354 g/mol. The van der Waals surface area contributed by atoms with Crippen molar-refractivity contribution in [2.24, 2.45) is 0 Å². The van der Waals surface area contributed by atoms with Gasteiger partial charge < -0.3 is 10.2 Å². The molecule has 0 aromatic heterocycles. The van der Waals surface area contributed by atoms with Crippen molar-refractivity contribution < 1.29 is 9.72 Å². The van der Waals surface area contributed by atoms with E-state index in [0.717, 1.165) is 11.1 Å². The summed E-state index contributed by atoms with van der Waals surface area (Å²) in [5.74, 6) is -0.155. The zero-order valence-corrected chi connectivity index (χ0v) is 15.3. The van der Waals surface area contributed by atoms with Crippen molar-refractivity contribution in [2.45, 2.75) is 19.6 Å². The van der Waals surface area contributed by atoms with Crippen LogP contribution in [0.2, 0.25) is 0 Å². The maximum Gasteiger partial charge on any atom is 0.276 e. The van der Waals surface area contributed by atoms with Gasteiger partial charge in [0.1, 0.15) is 6.17 Å². The molecule has 0 saturated heterocycles. The number of nitrogens with zero attached hydrogens (tertiary/aromatic N) is 2. The second kappa shape index (κ2) is 7.15. The topological polar surface area (TPSA) is 75.5 Å². The Morgan fingerprint density at radius 2 is 1.68 bits per heavy atom. The van der Waals surface area contributed by atoms with E-state index in [1.165, 1.54) is 6.07 Å². The lowest BCUT2D eigenvalue weighted by Gasteiger charge is -2.38. The summed E-state index contributed by atoms with van der Waals surface area (Å²) in [4.78, 5) is 26.1. The number of carbonyl (C=O) groups is 1. The molecule has 28 heavy (non-hydrogen) atoms. The van der Waals surface area contributed by atoms with Crippen molar-refractivity contribution in [3.05, 3.63) is 105 Å². The predicted octanol–water partition coefficient (Wildman–Crippen LogP) is 4.67. The van der Waals surface area contributed by atoms with E-state index in [1.54, 1.807) is 29.2 Å². The molecule has 1 amide bonds. The summed E-state index contributed by atoms with van der Waals surface area (Å²) in [6.07, 6.45) is -0.634. The molecular formula is C22H19N3O3. The van der Waals surface area contributed by atoms with E-state index in [2.05, 4.69) is 5.32 Å². The second-order valence-corrected chi connectivity index (χ2v) is 6.83. The quantitative estimate of drug-likeness (QED) is 0.533. The molecule has 0 saturated carbocycles. The number of hydrogen-bond acceptors (Lipinski definition) is 4. The van der Waals surface area contributed by atoms with E-state index in [0.29, 0.717) is 23.4 Å². The number of rotatable bonds is 4. The molecule has 1 atom stereocenters. The Morgan fingerprint density at radius 3 is 2.43 bits per heavy atom. The standard InChI is InChI=1S/C22H19N3O3/c1-15-10-12-16(13-11-15)14-24-21(18-7-3-5-9-20(18)25(27)28)23-19-8-4-2-6-17(19)22(24)26/h2-13,21,23H,14H2,1H3/t21-/m0/s1. The lowest BCUT2D eigenvalue weighted by Crippen LogP contribution is -2.42. The largest absolute Gasteiger partial charge is 0.361 e. The smallest absolute Gasteiger partial charge is 0.276 e. The summed E-state index contributed by atoms with van der Waals surface area (Å²) in [5.41, 5.74) is 3.78. The second-order valence-electron chi connectivity index (χ2n) is 6.83.